The van der Waals surface area contributed by atoms with E-state index in [1.165, 1.54) is 0 Å². The molecule has 2 heterocycles. The van der Waals surface area contributed by atoms with Gasteiger partial charge in [-0.2, -0.15) is 5.10 Å². The highest BCUT2D eigenvalue weighted by Crippen LogP contribution is 2.23. The first-order valence-electron chi connectivity index (χ1n) is 9.98. The molecule has 2 aromatic heterocycles. The highest BCUT2D eigenvalue weighted by molar-refractivity contribution is 6.05. The lowest BCUT2D eigenvalue weighted by atomic mass is 10.2. The predicted molar refractivity (Wildman–Crippen MR) is 121 cm³/mol. The van der Waals surface area contributed by atoms with E-state index in [9.17, 15) is 9.59 Å². The van der Waals surface area contributed by atoms with Gasteiger partial charge in [-0.1, -0.05) is 12.1 Å². The first kappa shape index (κ1) is 20.8. The Morgan fingerprint density at radius 2 is 1.62 bits per heavy atom. The molecule has 0 fully saturated rings. The summed E-state index contributed by atoms with van der Waals surface area (Å²) in [5.41, 5.74) is 1.57. The van der Waals surface area contributed by atoms with E-state index >= 15 is 0 Å². The molecule has 8 heteroatoms. The van der Waals surface area contributed by atoms with Gasteiger partial charge in [0.15, 0.2) is 0 Å². The third-order valence-electron chi connectivity index (χ3n) is 4.67. The molecular formula is C24H21N5O3. The molecule has 1 atom stereocenters. The van der Waals surface area contributed by atoms with Crippen molar-refractivity contribution in [3.05, 3.63) is 97.1 Å². The lowest BCUT2D eigenvalue weighted by Crippen LogP contribution is -2.24. The second-order valence-corrected chi connectivity index (χ2v) is 7.00. The van der Waals surface area contributed by atoms with Gasteiger partial charge in [-0.25, -0.2) is 0 Å². The van der Waals surface area contributed by atoms with E-state index in [2.05, 4.69) is 20.7 Å². The van der Waals surface area contributed by atoms with E-state index in [-0.39, 0.29) is 11.8 Å². The number of amides is 2. The third kappa shape index (κ3) is 5.17. The predicted octanol–water partition coefficient (Wildman–Crippen LogP) is 4.52. The maximum Gasteiger partial charge on any atom is 0.255 e. The molecule has 160 valence electrons. The molecule has 2 amide bonds. The van der Waals surface area contributed by atoms with Crippen LogP contribution in [0.5, 0.6) is 11.5 Å². The van der Waals surface area contributed by atoms with E-state index in [1.54, 1.807) is 103 Å². The number of rotatable bonds is 7. The summed E-state index contributed by atoms with van der Waals surface area (Å²) >= 11 is 0. The van der Waals surface area contributed by atoms with Gasteiger partial charge in [-0.3, -0.25) is 19.3 Å². The zero-order valence-electron chi connectivity index (χ0n) is 17.3. The average molecular weight is 427 g/mol. The summed E-state index contributed by atoms with van der Waals surface area (Å²) in [6.45, 7) is 1.76. The van der Waals surface area contributed by atoms with Gasteiger partial charge in [0, 0.05) is 41.7 Å². The summed E-state index contributed by atoms with van der Waals surface area (Å²) in [7, 11) is 0. The van der Waals surface area contributed by atoms with Crippen molar-refractivity contribution in [3.63, 3.8) is 0 Å². The van der Waals surface area contributed by atoms with Crippen molar-refractivity contribution >= 4 is 23.2 Å². The lowest BCUT2D eigenvalue weighted by molar-refractivity contribution is -0.119. The number of carbonyl (C=O) groups excluding carboxylic acids is 2. The smallest absolute Gasteiger partial charge is 0.255 e. The Hall–Kier alpha value is -4.46. The molecule has 2 N–H and O–H groups in total. The fourth-order valence-electron chi connectivity index (χ4n) is 3.00. The normalized spacial score (nSPS) is 11.4. The van der Waals surface area contributed by atoms with Crippen LogP contribution >= 0.6 is 0 Å². The molecule has 1 unspecified atom stereocenters. The Morgan fingerprint density at radius 3 is 2.38 bits per heavy atom. The SMILES string of the molecule is CC(C(=O)Nc1cccc(NC(=O)c2cccc(Oc3ccncc3)c2)c1)n1cccn1. The first-order chi connectivity index (χ1) is 15.6. The van der Waals surface area contributed by atoms with E-state index in [1.807, 2.05) is 0 Å². The average Bonchev–Trinajstić information content (AvgIpc) is 3.34. The summed E-state index contributed by atoms with van der Waals surface area (Å²) in [6.07, 6.45) is 6.62. The van der Waals surface area contributed by atoms with E-state index in [4.69, 9.17) is 4.74 Å². The van der Waals surface area contributed by atoms with Crippen molar-refractivity contribution in [1.82, 2.24) is 14.8 Å². The van der Waals surface area contributed by atoms with E-state index < -0.39 is 6.04 Å². The molecule has 0 spiro atoms. The van der Waals surface area contributed by atoms with Gasteiger partial charge < -0.3 is 15.4 Å². The molecule has 0 aliphatic carbocycles. The summed E-state index contributed by atoms with van der Waals surface area (Å²) in [4.78, 5) is 29.2. The van der Waals surface area contributed by atoms with E-state index in [0.717, 1.165) is 0 Å². The molecule has 0 aliphatic rings. The minimum absolute atomic E-state index is 0.210. The van der Waals surface area contributed by atoms with Crippen molar-refractivity contribution in [2.24, 2.45) is 0 Å². The number of anilines is 2. The van der Waals surface area contributed by atoms with Gasteiger partial charge in [0.25, 0.3) is 5.91 Å². The van der Waals surface area contributed by atoms with Crippen molar-refractivity contribution in [2.45, 2.75) is 13.0 Å². The van der Waals surface area contributed by atoms with Crippen molar-refractivity contribution < 1.29 is 14.3 Å². The number of carbonyl (C=O) groups is 2. The lowest BCUT2D eigenvalue weighted by Gasteiger charge is -2.14. The van der Waals surface area contributed by atoms with E-state index in [0.29, 0.717) is 28.4 Å². The molecule has 0 radical (unpaired) electrons. The maximum absolute atomic E-state index is 12.7. The molecule has 4 rings (SSSR count). The van der Waals surface area contributed by atoms with Gasteiger partial charge in [0.1, 0.15) is 17.5 Å². The number of aromatic nitrogens is 3. The number of ether oxygens (including phenoxy) is 1. The number of hydrogen-bond donors (Lipinski definition) is 2. The van der Waals surface area contributed by atoms with Crippen molar-refractivity contribution in [3.8, 4) is 11.5 Å². The van der Waals surface area contributed by atoms with Crippen LogP contribution in [0.15, 0.2) is 91.5 Å². The van der Waals surface area contributed by atoms with Crippen LogP contribution in [0.1, 0.15) is 23.3 Å². The van der Waals surface area contributed by atoms with Crippen LogP contribution < -0.4 is 15.4 Å². The minimum Gasteiger partial charge on any atom is -0.457 e. The molecule has 4 aromatic rings. The Balaban J connectivity index is 1.41. The third-order valence-corrected chi connectivity index (χ3v) is 4.67. The number of hydrogen-bond acceptors (Lipinski definition) is 5. The Labute approximate surface area is 184 Å². The number of nitrogens with one attached hydrogen (secondary N) is 2. The quantitative estimate of drug-likeness (QED) is 0.452. The highest BCUT2D eigenvalue weighted by Gasteiger charge is 2.15. The molecule has 2 aromatic carbocycles. The zero-order valence-corrected chi connectivity index (χ0v) is 17.3. The van der Waals surface area contributed by atoms with Crippen LogP contribution in [-0.2, 0) is 4.79 Å². The standard InChI is InChI=1S/C24H21N5O3/c1-17(29-14-4-11-26-29)23(30)27-19-6-3-7-20(16-19)28-24(31)18-5-2-8-22(15-18)32-21-9-12-25-13-10-21/h2-17H,1H3,(H,27,30)(H,28,31). The molecule has 0 bridgehead atoms. The second-order valence-electron chi connectivity index (χ2n) is 7.00. The Bertz CT molecular complexity index is 1210. The Kier molecular flexibility index (Phi) is 6.22. The van der Waals surface area contributed by atoms with Crippen molar-refractivity contribution in [2.75, 3.05) is 10.6 Å². The zero-order chi connectivity index (χ0) is 22.3. The number of pyridine rings is 1. The second kappa shape index (κ2) is 9.57. The van der Waals surface area contributed by atoms with Crippen LogP contribution in [-0.4, -0.2) is 26.6 Å². The molecule has 0 aliphatic heterocycles. The minimum atomic E-state index is -0.466. The maximum atomic E-state index is 12.7. The summed E-state index contributed by atoms with van der Waals surface area (Å²) < 4.78 is 7.33. The first-order valence-corrected chi connectivity index (χ1v) is 9.98. The highest BCUT2D eigenvalue weighted by atomic mass is 16.5. The molecule has 32 heavy (non-hydrogen) atoms. The van der Waals surface area contributed by atoms with Gasteiger partial charge in [-0.05, 0) is 61.5 Å². The van der Waals surface area contributed by atoms with Crippen LogP contribution in [0, 0.1) is 0 Å². The number of benzene rings is 2. The molecule has 0 saturated carbocycles. The van der Waals surface area contributed by atoms with Crippen LogP contribution in [0.2, 0.25) is 0 Å². The summed E-state index contributed by atoms with van der Waals surface area (Å²) in [5.74, 6) is 0.666. The monoisotopic (exact) mass is 427 g/mol. The fourth-order valence-corrected chi connectivity index (χ4v) is 3.00. The van der Waals surface area contributed by atoms with Crippen LogP contribution in [0.4, 0.5) is 11.4 Å². The largest absolute Gasteiger partial charge is 0.457 e. The van der Waals surface area contributed by atoms with Gasteiger partial charge in [-0.15, -0.1) is 0 Å². The Morgan fingerprint density at radius 1 is 0.875 bits per heavy atom. The fraction of sp³-hybridized carbons (Fsp3) is 0.0833. The van der Waals surface area contributed by atoms with Crippen LogP contribution in [0.25, 0.3) is 0 Å². The van der Waals surface area contributed by atoms with Crippen molar-refractivity contribution in [1.29, 1.82) is 0 Å². The molecule has 0 saturated heterocycles. The number of nitrogens with zero attached hydrogens (tertiary/aromatic N) is 3. The van der Waals surface area contributed by atoms with Gasteiger partial charge >= 0.3 is 0 Å². The summed E-state index contributed by atoms with van der Waals surface area (Å²) in [5, 5.41) is 9.78. The topological polar surface area (TPSA) is 98.1 Å². The van der Waals surface area contributed by atoms with Crippen LogP contribution in [0.3, 0.4) is 0 Å². The van der Waals surface area contributed by atoms with Gasteiger partial charge in [0.05, 0.1) is 0 Å². The molecule has 8 nitrogen and oxygen atoms in total. The molecular weight excluding hydrogens is 406 g/mol. The van der Waals surface area contributed by atoms with Gasteiger partial charge in [0.2, 0.25) is 5.91 Å². The summed E-state index contributed by atoms with van der Waals surface area (Å²) in [6, 6.07) is 18.6.